The van der Waals surface area contributed by atoms with Gasteiger partial charge in [0, 0.05) is 0 Å². The first-order valence-electron chi connectivity index (χ1n) is 5.06. The third-order valence-corrected chi connectivity index (χ3v) is 1.88. The zero-order valence-electron chi connectivity index (χ0n) is 8.95. The molecule has 1 unspecified atom stereocenters. The Labute approximate surface area is 81.7 Å². The average molecular weight is 185 g/mol. The summed E-state index contributed by atoms with van der Waals surface area (Å²) in [5, 5.41) is 0. The number of rotatable bonds is 8. The fourth-order valence-electron chi connectivity index (χ4n) is 1.43. The van der Waals surface area contributed by atoms with Gasteiger partial charge in [0.25, 0.3) is 0 Å². The van der Waals surface area contributed by atoms with E-state index in [-0.39, 0.29) is 6.10 Å². The van der Waals surface area contributed by atoms with Crippen LogP contribution < -0.4 is 0 Å². The molecule has 0 aromatic heterocycles. The van der Waals surface area contributed by atoms with Crippen LogP contribution in [0, 0.1) is 0 Å². The third-order valence-electron chi connectivity index (χ3n) is 1.88. The van der Waals surface area contributed by atoms with E-state index in [9.17, 15) is 4.70 Å². The summed E-state index contributed by atoms with van der Waals surface area (Å²) >= 11 is 0. The van der Waals surface area contributed by atoms with E-state index in [1.165, 1.54) is 0 Å². The van der Waals surface area contributed by atoms with Gasteiger partial charge >= 0.3 is 81.0 Å². The first-order chi connectivity index (χ1) is 6.24. The Hall–Kier alpha value is -0.375. The van der Waals surface area contributed by atoms with Crippen molar-refractivity contribution < 1.29 is 9.36 Å². The zero-order chi connectivity index (χ0) is 10.1. The van der Waals surface area contributed by atoms with E-state index in [1.807, 2.05) is 6.92 Å². The van der Waals surface area contributed by atoms with Crippen LogP contribution in [-0.4, -0.2) is 38.0 Å². The Balaban J connectivity index is 3.70. The maximum absolute atomic E-state index is 10.1. The van der Waals surface area contributed by atoms with E-state index < -0.39 is 0 Å². The summed E-state index contributed by atoms with van der Waals surface area (Å²) in [7, 11) is 0.529. The van der Waals surface area contributed by atoms with Gasteiger partial charge in [-0.1, -0.05) is 0 Å². The molecule has 4 heteroatoms. The quantitative estimate of drug-likeness (QED) is 0.536. The molecule has 0 aliphatic rings. The number of hydrogen-bond donors (Lipinski definition) is 0. The summed E-state index contributed by atoms with van der Waals surface area (Å²) in [6, 6.07) is 0. The van der Waals surface area contributed by atoms with Gasteiger partial charge in [-0.15, -0.1) is 0 Å². The van der Waals surface area contributed by atoms with E-state index in [1.54, 1.807) is 0 Å². The molecule has 0 aromatic rings. The predicted molar refractivity (Wildman–Crippen MR) is 54.0 cm³/mol. The van der Waals surface area contributed by atoms with E-state index in [2.05, 4.69) is 18.7 Å². The van der Waals surface area contributed by atoms with E-state index >= 15 is 0 Å². The molecule has 0 N–H and O–H groups in total. The molecule has 76 valence electrons. The standard InChI is InChI=1S/C9H20BNO2/c1-4-6-11(7-5-2)8-9(3)13-10-12/h9H,4-8H2,1-3H3. The van der Waals surface area contributed by atoms with Crippen molar-refractivity contribution in [1.82, 2.24) is 4.90 Å². The molecule has 1 atom stereocenters. The molecule has 0 radical (unpaired) electrons. The van der Waals surface area contributed by atoms with Crippen LogP contribution in [0.25, 0.3) is 0 Å². The van der Waals surface area contributed by atoms with Crippen molar-refractivity contribution in [2.45, 2.75) is 39.7 Å². The number of hydrogen-bond acceptors (Lipinski definition) is 3. The second-order valence-electron chi connectivity index (χ2n) is 3.34. The summed E-state index contributed by atoms with van der Waals surface area (Å²) < 4.78 is 14.9. The van der Waals surface area contributed by atoms with Crippen LogP contribution in [0.3, 0.4) is 0 Å². The van der Waals surface area contributed by atoms with Gasteiger partial charge in [-0.2, -0.15) is 0 Å². The van der Waals surface area contributed by atoms with Gasteiger partial charge < -0.3 is 0 Å². The second kappa shape index (κ2) is 8.23. The molecular formula is C9H20BNO2. The topological polar surface area (TPSA) is 29.5 Å². The molecule has 0 fully saturated rings. The summed E-state index contributed by atoms with van der Waals surface area (Å²) in [4.78, 5) is 2.33. The van der Waals surface area contributed by atoms with Crippen molar-refractivity contribution in [3.8, 4) is 0 Å². The second-order valence-corrected chi connectivity index (χ2v) is 3.34. The zero-order valence-corrected chi connectivity index (χ0v) is 8.95. The minimum absolute atomic E-state index is 0.00981. The Bertz CT molecular complexity index is 127. The minimum atomic E-state index is 0.00981. The molecule has 0 saturated heterocycles. The normalized spacial score (nSPS) is 12.6. The molecule has 0 aliphatic carbocycles. The van der Waals surface area contributed by atoms with Crippen LogP contribution in [0.4, 0.5) is 0 Å². The average Bonchev–Trinajstić information content (AvgIpc) is 2.05. The van der Waals surface area contributed by atoms with Gasteiger partial charge in [-0.05, 0) is 0 Å². The first-order valence-corrected chi connectivity index (χ1v) is 5.06. The Morgan fingerprint density at radius 1 is 1.31 bits per heavy atom. The van der Waals surface area contributed by atoms with Crippen LogP contribution >= 0.6 is 0 Å². The third kappa shape index (κ3) is 6.76. The summed E-state index contributed by atoms with van der Waals surface area (Å²) in [5.74, 6) is 0. The number of nitrogens with zero attached hydrogens (tertiary/aromatic N) is 1. The predicted octanol–water partition coefficient (Wildman–Crippen LogP) is 1.48. The van der Waals surface area contributed by atoms with E-state index in [0.717, 1.165) is 32.5 Å². The maximum atomic E-state index is 10.1. The molecule has 0 aromatic carbocycles. The molecule has 3 nitrogen and oxygen atoms in total. The van der Waals surface area contributed by atoms with Crippen LogP contribution in [0.5, 0.6) is 0 Å². The van der Waals surface area contributed by atoms with Gasteiger partial charge in [0.2, 0.25) is 0 Å². The van der Waals surface area contributed by atoms with Crippen molar-refractivity contribution in [2.24, 2.45) is 0 Å². The summed E-state index contributed by atoms with van der Waals surface area (Å²) in [6.07, 6.45) is 2.30. The van der Waals surface area contributed by atoms with Crippen molar-refractivity contribution in [3.63, 3.8) is 0 Å². The van der Waals surface area contributed by atoms with Crippen LogP contribution in [-0.2, 0) is 9.36 Å². The SMILES string of the molecule is CCCN(CCC)CC(C)OB=O. The summed E-state index contributed by atoms with van der Waals surface area (Å²) in [5.41, 5.74) is 0. The Morgan fingerprint density at radius 3 is 2.23 bits per heavy atom. The molecule has 0 aliphatic heterocycles. The fraction of sp³-hybridized carbons (Fsp3) is 1.00. The Kier molecular flexibility index (Phi) is 8.00. The van der Waals surface area contributed by atoms with Crippen LogP contribution in [0.1, 0.15) is 33.6 Å². The van der Waals surface area contributed by atoms with Crippen molar-refractivity contribution in [1.29, 1.82) is 0 Å². The van der Waals surface area contributed by atoms with Crippen LogP contribution in [0.15, 0.2) is 0 Å². The monoisotopic (exact) mass is 185 g/mol. The van der Waals surface area contributed by atoms with Gasteiger partial charge in [0.1, 0.15) is 0 Å². The Morgan fingerprint density at radius 2 is 1.85 bits per heavy atom. The molecule has 0 amide bonds. The van der Waals surface area contributed by atoms with Gasteiger partial charge in [-0.25, -0.2) is 0 Å². The van der Waals surface area contributed by atoms with E-state index in [0.29, 0.717) is 7.35 Å². The fourth-order valence-corrected chi connectivity index (χ4v) is 1.43. The molecule has 0 bridgehead atoms. The molecule has 0 saturated carbocycles. The van der Waals surface area contributed by atoms with Crippen molar-refractivity contribution >= 4 is 7.35 Å². The molecule has 0 heterocycles. The molecule has 0 rings (SSSR count). The van der Waals surface area contributed by atoms with E-state index in [4.69, 9.17) is 4.65 Å². The van der Waals surface area contributed by atoms with Crippen LogP contribution in [0.2, 0.25) is 0 Å². The van der Waals surface area contributed by atoms with Gasteiger partial charge in [0.15, 0.2) is 0 Å². The van der Waals surface area contributed by atoms with Crippen molar-refractivity contribution in [3.05, 3.63) is 0 Å². The first kappa shape index (κ1) is 12.6. The summed E-state index contributed by atoms with van der Waals surface area (Å²) in [6.45, 7) is 9.26. The molecule has 13 heavy (non-hydrogen) atoms. The van der Waals surface area contributed by atoms with Crippen molar-refractivity contribution in [2.75, 3.05) is 19.6 Å². The van der Waals surface area contributed by atoms with Gasteiger partial charge in [0.05, 0.1) is 0 Å². The molecule has 0 spiro atoms. The van der Waals surface area contributed by atoms with Gasteiger partial charge in [-0.3, -0.25) is 0 Å². The molecular weight excluding hydrogens is 165 g/mol.